The van der Waals surface area contributed by atoms with E-state index in [0.29, 0.717) is 38.8 Å². The molecular formula is C24H27Cl2N5O2S. The van der Waals surface area contributed by atoms with Crippen LogP contribution >= 0.6 is 35.0 Å². The Kier molecular flexibility index (Phi) is 8.99. The third-order valence-corrected chi connectivity index (χ3v) is 6.49. The normalized spacial score (nSPS) is 12.0. The Labute approximate surface area is 213 Å². The number of amides is 2. The van der Waals surface area contributed by atoms with Crippen LogP contribution in [0.3, 0.4) is 0 Å². The maximum atomic E-state index is 12.8. The minimum absolute atomic E-state index is 0.0811. The lowest BCUT2D eigenvalue weighted by molar-refractivity contribution is -0.113. The molecule has 34 heavy (non-hydrogen) atoms. The smallest absolute Gasteiger partial charge is 0.251 e. The van der Waals surface area contributed by atoms with Crippen molar-refractivity contribution in [1.29, 1.82) is 0 Å². The Morgan fingerprint density at radius 2 is 1.71 bits per heavy atom. The van der Waals surface area contributed by atoms with E-state index in [2.05, 4.69) is 20.8 Å². The molecular weight excluding hydrogens is 493 g/mol. The predicted octanol–water partition coefficient (Wildman–Crippen LogP) is 5.77. The molecule has 0 saturated heterocycles. The summed E-state index contributed by atoms with van der Waals surface area (Å²) in [4.78, 5) is 25.3. The van der Waals surface area contributed by atoms with Gasteiger partial charge in [0.1, 0.15) is 0 Å². The molecule has 180 valence electrons. The molecule has 2 aromatic carbocycles. The van der Waals surface area contributed by atoms with Gasteiger partial charge in [-0.3, -0.25) is 9.59 Å². The zero-order valence-corrected chi connectivity index (χ0v) is 21.8. The van der Waals surface area contributed by atoms with Crippen LogP contribution in [0.2, 0.25) is 10.0 Å². The Morgan fingerprint density at radius 3 is 2.29 bits per heavy atom. The number of carbonyl (C=O) groups excluding carboxylic acids is 2. The van der Waals surface area contributed by atoms with Gasteiger partial charge in [-0.15, -0.1) is 10.2 Å². The minimum atomic E-state index is -0.335. The van der Waals surface area contributed by atoms with Crippen molar-refractivity contribution in [1.82, 2.24) is 20.1 Å². The van der Waals surface area contributed by atoms with E-state index in [4.69, 9.17) is 23.2 Å². The molecule has 3 rings (SSSR count). The van der Waals surface area contributed by atoms with Crippen molar-refractivity contribution in [3.05, 3.63) is 69.5 Å². The second kappa shape index (κ2) is 11.7. The lowest BCUT2D eigenvalue weighted by atomic mass is 10.0. The lowest BCUT2D eigenvalue weighted by Gasteiger charge is -2.22. The molecule has 0 aliphatic heterocycles. The van der Waals surface area contributed by atoms with Crippen LogP contribution in [0.15, 0.2) is 47.6 Å². The Hall–Kier alpha value is -2.55. The summed E-state index contributed by atoms with van der Waals surface area (Å²) in [5, 5.41) is 16.0. The van der Waals surface area contributed by atoms with Crippen LogP contribution < -0.4 is 10.6 Å². The Morgan fingerprint density at radius 1 is 1.06 bits per heavy atom. The highest BCUT2D eigenvalue weighted by Crippen LogP contribution is 2.26. The zero-order valence-electron chi connectivity index (χ0n) is 19.4. The van der Waals surface area contributed by atoms with E-state index in [9.17, 15) is 9.59 Å². The van der Waals surface area contributed by atoms with Crippen LogP contribution in [0.5, 0.6) is 0 Å². The molecule has 1 heterocycles. The molecule has 2 amide bonds. The van der Waals surface area contributed by atoms with E-state index in [1.165, 1.54) is 11.8 Å². The van der Waals surface area contributed by atoms with Gasteiger partial charge in [0, 0.05) is 27.8 Å². The van der Waals surface area contributed by atoms with Crippen LogP contribution in [0, 0.1) is 12.8 Å². The van der Waals surface area contributed by atoms with Crippen molar-refractivity contribution in [3.8, 4) is 0 Å². The Balaban J connectivity index is 1.71. The number of anilines is 1. The third kappa shape index (κ3) is 6.74. The summed E-state index contributed by atoms with van der Waals surface area (Å²) < 4.78 is 1.92. The Bertz CT molecular complexity index is 1140. The molecule has 1 aromatic heterocycles. The number of thioether (sulfide) groups is 1. The fourth-order valence-electron chi connectivity index (χ4n) is 3.35. The number of aromatic nitrogens is 3. The van der Waals surface area contributed by atoms with Crippen molar-refractivity contribution in [2.24, 2.45) is 5.92 Å². The maximum Gasteiger partial charge on any atom is 0.251 e. The van der Waals surface area contributed by atoms with Crippen molar-refractivity contribution in [2.45, 2.75) is 45.4 Å². The second-order valence-corrected chi connectivity index (χ2v) is 9.96. The average molecular weight is 520 g/mol. The molecule has 0 aliphatic rings. The van der Waals surface area contributed by atoms with Gasteiger partial charge < -0.3 is 15.2 Å². The second-order valence-electron chi connectivity index (χ2n) is 8.14. The van der Waals surface area contributed by atoms with E-state index in [1.54, 1.807) is 30.3 Å². The van der Waals surface area contributed by atoms with Gasteiger partial charge in [0.15, 0.2) is 11.0 Å². The highest BCUT2D eigenvalue weighted by atomic mass is 35.5. The predicted molar refractivity (Wildman–Crippen MR) is 138 cm³/mol. The van der Waals surface area contributed by atoms with Crippen LogP contribution in [0.1, 0.15) is 48.6 Å². The molecule has 2 N–H and O–H groups in total. The van der Waals surface area contributed by atoms with Gasteiger partial charge in [0.2, 0.25) is 5.91 Å². The number of halogens is 2. The lowest BCUT2D eigenvalue weighted by Crippen LogP contribution is -2.33. The standard InChI is InChI=1S/C24H27Cl2N5O2S/c1-5-31-22(21(14(2)3)28-23(33)16-8-6-15(4)7-9-16)29-30-24(31)34-13-20(32)27-19-11-17(25)10-18(26)12-19/h6-12,14,21H,5,13H2,1-4H3,(H,27,32)(H,28,33)/t21-/m1/s1. The zero-order chi connectivity index (χ0) is 24.8. The van der Waals surface area contributed by atoms with Gasteiger partial charge in [0.25, 0.3) is 5.91 Å². The first kappa shape index (κ1) is 26.1. The van der Waals surface area contributed by atoms with E-state index in [-0.39, 0.29) is 29.5 Å². The highest BCUT2D eigenvalue weighted by Gasteiger charge is 2.26. The molecule has 0 aliphatic carbocycles. The number of carbonyl (C=O) groups is 2. The van der Waals surface area contributed by atoms with Gasteiger partial charge in [0.05, 0.1) is 11.8 Å². The van der Waals surface area contributed by atoms with Gasteiger partial charge in [-0.25, -0.2) is 0 Å². The summed E-state index contributed by atoms with van der Waals surface area (Å²) in [6.07, 6.45) is 0. The van der Waals surface area contributed by atoms with Crippen molar-refractivity contribution in [2.75, 3.05) is 11.1 Å². The number of aryl methyl sites for hydroxylation is 1. The number of hydrogen-bond donors (Lipinski definition) is 2. The van der Waals surface area contributed by atoms with Crippen molar-refractivity contribution in [3.63, 3.8) is 0 Å². The van der Waals surface area contributed by atoms with Gasteiger partial charge in [-0.1, -0.05) is 66.5 Å². The molecule has 1 atom stereocenters. The van der Waals surface area contributed by atoms with Gasteiger partial charge in [-0.2, -0.15) is 0 Å². The fraction of sp³-hybridized carbons (Fsp3) is 0.333. The molecule has 10 heteroatoms. The number of nitrogens with one attached hydrogen (secondary N) is 2. The monoisotopic (exact) mass is 519 g/mol. The van der Waals surface area contributed by atoms with Crippen LogP contribution in [0.25, 0.3) is 0 Å². The summed E-state index contributed by atoms with van der Waals surface area (Å²) in [6.45, 7) is 8.59. The molecule has 0 spiro atoms. The molecule has 0 saturated carbocycles. The summed E-state index contributed by atoms with van der Waals surface area (Å²) in [5.74, 6) is 0.478. The molecule has 0 fully saturated rings. The third-order valence-electron chi connectivity index (χ3n) is 5.09. The first-order chi connectivity index (χ1) is 16.2. The topological polar surface area (TPSA) is 88.9 Å². The summed E-state index contributed by atoms with van der Waals surface area (Å²) >= 11 is 13.3. The van der Waals surface area contributed by atoms with Crippen molar-refractivity contribution < 1.29 is 9.59 Å². The molecule has 0 radical (unpaired) electrons. The van der Waals surface area contributed by atoms with E-state index in [1.807, 2.05) is 44.4 Å². The van der Waals surface area contributed by atoms with E-state index >= 15 is 0 Å². The molecule has 0 bridgehead atoms. The van der Waals surface area contributed by atoms with Gasteiger partial charge in [-0.05, 0) is 50.1 Å². The van der Waals surface area contributed by atoms with E-state index in [0.717, 1.165) is 5.56 Å². The summed E-state index contributed by atoms with van der Waals surface area (Å²) in [6, 6.07) is 12.0. The molecule has 0 unspecified atom stereocenters. The quantitative estimate of drug-likeness (QED) is 0.350. The van der Waals surface area contributed by atoms with E-state index < -0.39 is 0 Å². The molecule has 7 nitrogen and oxygen atoms in total. The number of nitrogens with zero attached hydrogens (tertiary/aromatic N) is 3. The summed E-state index contributed by atoms with van der Waals surface area (Å²) in [7, 11) is 0. The average Bonchev–Trinajstić information content (AvgIpc) is 3.17. The molecule has 3 aromatic rings. The largest absolute Gasteiger partial charge is 0.342 e. The first-order valence-corrected chi connectivity index (χ1v) is 12.6. The SMILES string of the molecule is CCn1c(SCC(=O)Nc2cc(Cl)cc(Cl)c2)nnc1[C@H](NC(=O)c1ccc(C)cc1)C(C)C. The summed E-state index contributed by atoms with van der Waals surface area (Å²) in [5.41, 5.74) is 2.21. The van der Waals surface area contributed by atoms with Gasteiger partial charge >= 0.3 is 0 Å². The number of rotatable bonds is 9. The number of hydrogen-bond acceptors (Lipinski definition) is 5. The fourth-order valence-corrected chi connectivity index (χ4v) is 4.68. The number of benzene rings is 2. The van der Waals surface area contributed by atoms with Crippen LogP contribution in [-0.4, -0.2) is 32.3 Å². The van der Waals surface area contributed by atoms with Crippen LogP contribution in [0.4, 0.5) is 5.69 Å². The maximum absolute atomic E-state index is 12.8. The highest BCUT2D eigenvalue weighted by molar-refractivity contribution is 7.99. The first-order valence-electron chi connectivity index (χ1n) is 10.9. The van der Waals surface area contributed by atoms with Crippen LogP contribution in [-0.2, 0) is 11.3 Å². The minimum Gasteiger partial charge on any atom is -0.342 e. The van der Waals surface area contributed by atoms with Crippen molar-refractivity contribution >= 4 is 52.5 Å².